The number of β-lactam (4-membered cyclic amide) rings is 1. The van der Waals surface area contributed by atoms with Gasteiger partial charge in [0, 0.05) is 41.1 Å². The van der Waals surface area contributed by atoms with E-state index < -0.39 is 29.6 Å². The SMILES string of the molecule is CC(C)(C)OC(=O)OC1=C(CSc2ccncc2)C2CCN(OC(=O)OC(C)(C)C)[C@@H]3C(=O)N1[C@H]23. The van der Waals surface area contributed by atoms with Gasteiger partial charge in [-0.05, 0) is 60.1 Å². The van der Waals surface area contributed by atoms with E-state index in [1.807, 2.05) is 12.1 Å². The number of amides is 1. The summed E-state index contributed by atoms with van der Waals surface area (Å²) in [6, 6.07) is 2.83. The zero-order valence-electron chi connectivity index (χ0n) is 20.8. The summed E-state index contributed by atoms with van der Waals surface area (Å²) in [5.41, 5.74) is -0.601. The molecule has 0 N–H and O–H groups in total. The van der Waals surface area contributed by atoms with Crippen LogP contribution in [0.2, 0.25) is 0 Å². The molecule has 10 nitrogen and oxygen atoms in total. The van der Waals surface area contributed by atoms with E-state index in [4.69, 9.17) is 19.0 Å². The van der Waals surface area contributed by atoms with Gasteiger partial charge in [-0.25, -0.2) is 9.59 Å². The van der Waals surface area contributed by atoms with Gasteiger partial charge in [-0.1, -0.05) is 0 Å². The van der Waals surface area contributed by atoms with Crippen molar-refractivity contribution in [3.8, 4) is 0 Å². The van der Waals surface area contributed by atoms with Crippen molar-refractivity contribution < 1.29 is 33.4 Å². The van der Waals surface area contributed by atoms with E-state index >= 15 is 0 Å². The number of hydroxylamine groups is 2. The Kier molecular flexibility index (Phi) is 6.76. The number of nitrogens with zero attached hydrogens (tertiary/aromatic N) is 3. The number of carbonyl (C=O) groups is 3. The van der Waals surface area contributed by atoms with Gasteiger partial charge in [-0.2, -0.15) is 0 Å². The summed E-state index contributed by atoms with van der Waals surface area (Å²) in [6.07, 6.45) is 2.31. The molecule has 1 aromatic rings. The summed E-state index contributed by atoms with van der Waals surface area (Å²) in [6.45, 7) is 10.8. The van der Waals surface area contributed by atoms with E-state index in [9.17, 15) is 14.4 Å². The van der Waals surface area contributed by atoms with Crippen molar-refractivity contribution in [2.24, 2.45) is 5.92 Å². The van der Waals surface area contributed by atoms with Crippen LogP contribution in [-0.4, -0.2) is 68.7 Å². The molecular formula is C24H31N3O7S. The number of aromatic nitrogens is 1. The van der Waals surface area contributed by atoms with Crippen molar-refractivity contribution in [3.05, 3.63) is 36.0 Å². The fourth-order valence-corrected chi connectivity index (χ4v) is 5.36. The summed E-state index contributed by atoms with van der Waals surface area (Å²) in [5.74, 6) is 0.400. The molecule has 0 aromatic carbocycles. The molecule has 0 spiro atoms. The highest BCUT2D eigenvalue weighted by atomic mass is 32.2. The lowest BCUT2D eigenvalue weighted by molar-refractivity contribution is -0.223. The molecule has 1 aromatic heterocycles. The Bertz CT molecular complexity index is 1030. The van der Waals surface area contributed by atoms with Gasteiger partial charge >= 0.3 is 12.3 Å². The highest BCUT2D eigenvalue weighted by molar-refractivity contribution is 7.99. The maximum absolute atomic E-state index is 13.2. The Hall–Kier alpha value is -2.79. The van der Waals surface area contributed by atoms with Gasteiger partial charge in [0.2, 0.25) is 5.88 Å². The minimum Gasteiger partial charge on any atom is -0.428 e. The maximum Gasteiger partial charge on any atom is 0.528 e. The smallest absolute Gasteiger partial charge is 0.428 e. The van der Waals surface area contributed by atoms with Gasteiger partial charge in [0.05, 0.1) is 6.04 Å². The van der Waals surface area contributed by atoms with Crippen LogP contribution < -0.4 is 0 Å². The number of rotatable bonds is 5. The second-order valence-electron chi connectivity index (χ2n) is 10.6. The van der Waals surface area contributed by atoms with Crippen LogP contribution in [0.1, 0.15) is 48.0 Å². The molecule has 3 atom stereocenters. The van der Waals surface area contributed by atoms with E-state index in [0.717, 1.165) is 10.5 Å². The van der Waals surface area contributed by atoms with Crippen molar-refractivity contribution in [3.63, 3.8) is 0 Å². The molecule has 11 heteroatoms. The number of hydrogen-bond donors (Lipinski definition) is 0. The average molecular weight is 506 g/mol. The van der Waals surface area contributed by atoms with Gasteiger partial charge in [-0.3, -0.25) is 14.7 Å². The van der Waals surface area contributed by atoms with Crippen LogP contribution in [0.25, 0.3) is 0 Å². The van der Waals surface area contributed by atoms with Crippen molar-refractivity contribution in [2.45, 2.75) is 76.1 Å². The lowest BCUT2D eigenvalue weighted by Crippen LogP contribution is -2.72. The maximum atomic E-state index is 13.2. The minimum atomic E-state index is -0.865. The normalized spacial score (nSPS) is 24.0. The van der Waals surface area contributed by atoms with Gasteiger partial charge < -0.3 is 19.0 Å². The third-order valence-electron chi connectivity index (χ3n) is 5.63. The van der Waals surface area contributed by atoms with E-state index in [-0.39, 0.29) is 23.8 Å². The summed E-state index contributed by atoms with van der Waals surface area (Å²) in [5, 5.41) is 1.39. The van der Waals surface area contributed by atoms with E-state index in [1.165, 1.54) is 9.96 Å². The number of pyridine rings is 1. The molecule has 0 aliphatic carbocycles. The molecule has 0 saturated carbocycles. The number of carbonyl (C=O) groups excluding carboxylic acids is 3. The molecule has 2 saturated heterocycles. The van der Waals surface area contributed by atoms with E-state index in [0.29, 0.717) is 18.7 Å². The Balaban J connectivity index is 1.54. The fourth-order valence-electron chi connectivity index (χ4n) is 4.39. The largest absolute Gasteiger partial charge is 0.528 e. The van der Waals surface area contributed by atoms with Crippen molar-refractivity contribution >= 4 is 30.0 Å². The van der Waals surface area contributed by atoms with Crippen LogP contribution in [0.15, 0.2) is 40.9 Å². The van der Waals surface area contributed by atoms with Crippen LogP contribution in [-0.2, 0) is 23.8 Å². The van der Waals surface area contributed by atoms with E-state index in [2.05, 4.69) is 4.98 Å². The molecule has 190 valence electrons. The standard InChI is InChI=1S/C24H31N3O7S/c1-23(2,3)32-21(29)31-20-16(13-35-14-7-10-25-11-8-14)15-9-12-26(18-17(15)27(20)19(18)28)34-22(30)33-24(4,5)6/h7-8,10-11,15,17-18H,9,12-13H2,1-6H3/t15?,17-,18+/m1/s1. The van der Waals surface area contributed by atoms with Crippen LogP contribution >= 0.6 is 11.8 Å². The lowest BCUT2D eigenvalue weighted by atomic mass is 9.79. The van der Waals surface area contributed by atoms with E-state index in [1.54, 1.807) is 65.7 Å². The number of hydrogen-bond acceptors (Lipinski definition) is 10. The molecule has 35 heavy (non-hydrogen) atoms. The fraction of sp³-hybridized carbons (Fsp3) is 0.583. The van der Waals surface area contributed by atoms with Gasteiger partial charge in [0.1, 0.15) is 17.2 Å². The number of piperidine rings is 1. The molecule has 0 radical (unpaired) electrons. The quantitative estimate of drug-likeness (QED) is 0.329. The second kappa shape index (κ2) is 9.34. The first kappa shape index (κ1) is 25.3. The molecule has 4 rings (SSSR count). The second-order valence-corrected chi connectivity index (χ2v) is 11.7. The van der Waals surface area contributed by atoms with Crippen molar-refractivity contribution in [1.82, 2.24) is 14.9 Å². The first-order valence-corrected chi connectivity index (χ1v) is 12.5. The first-order chi connectivity index (χ1) is 16.3. The lowest BCUT2D eigenvalue weighted by Gasteiger charge is -2.51. The van der Waals surface area contributed by atoms with Crippen LogP contribution in [0.5, 0.6) is 0 Å². The monoisotopic (exact) mass is 505 g/mol. The Morgan fingerprint density at radius 1 is 1.06 bits per heavy atom. The summed E-state index contributed by atoms with van der Waals surface area (Å²) in [7, 11) is 0. The van der Waals surface area contributed by atoms with Gasteiger partial charge in [0.25, 0.3) is 5.91 Å². The third kappa shape index (κ3) is 5.56. The minimum absolute atomic E-state index is 0.0389. The Morgan fingerprint density at radius 2 is 1.69 bits per heavy atom. The van der Waals surface area contributed by atoms with Crippen LogP contribution in [0, 0.1) is 5.92 Å². The molecule has 2 fully saturated rings. The molecule has 3 aliphatic rings. The van der Waals surface area contributed by atoms with Crippen LogP contribution in [0.4, 0.5) is 9.59 Å². The summed E-state index contributed by atoms with van der Waals surface area (Å²) >= 11 is 1.57. The predicted octanol–water partition coefficient (Wildman–Crippen LogP) is 4.12. The highest BCUT2D eigenvalue weighted by Crippen LogP contribution is 2.50. The molecule has 0 bridgehead atoms. The topological polar surface area (TPSA) is 108 Å². The molecule has 1 unspecified atom stereocenters. The Labute approximate surface area is 208 Å². The molecule has 1 amide bonds. The number of ether oxygens (including phenoxy) is 3. The summed E-state index contributed by atoms with van der Waals surface area (Å²) < 4.78 is 16.2. The van der Waals surface area contributed by atoms with Gasteiger partial charge in [0.15, 0.2) is 0 Å². The average Bonchev–Trinajstić information content (AvgIpc) is 3.00. The Morgan fingerprint density at radius 3 is 2.31 bits per heavy atom. The zero-order chi connectivity index (χ0) is 25.5. The van der Waals surface area contributed by atoms with Gasteiger partial charge in [-0.15, -0.1) is 16.8 Å². The highest BCUT2D eigenvalue weighted by Gasteiger charge is 2.64. The summed E-state index contributed by atoms with van der Waals surface area (Å²) in [4.78, 5) is 49.9. The van der Waals surface area contributed by atoms with Crippen molar-refractivity contribution in [2.75, 3.05) is 12.3 Å². The van der Waals surface area contributed by atoms with Crippen molar-refractivity contribution in [1.29, 1.82) is 0 Å². The molecule has 4 heterocycles. The molecular weight excluding hydrogens is 474 g/mol. The predicted molar refractivity (Wildman–Crippen MR) is 126 cm³/mol. The number of thioether (sulfide) groups is 1. The zero-order valence-corrected chi connectivity index (χ0v) is 21.6. The first-order valence-electron chi connectivity index (χ1n) is 11.5. The third-order valence-corrected chi connectivity index (χ3v) is 6.69. The molecule has 3 aliphatic heterocycles. The van der Waals surface area contributed by atoms with Crippen LogP contribution in [0.3, 0.4) is 0 Å².